The summed E-state index contributed by atoms with van der Waals surface area (Å²) in [6.07, 6.45) is 2.85. The first-order valence-corrected chi connectivity index (χ1v) is 9.88. The zero-order valence-corrected chi connectivity index (χ0v) is 16.8. The number of hydrogen-bond donors (Lipinski definition) is 3. The molecule has 0 aromatic heterocycles. The van der Waals surface area contributed by atoms with Crippen LogP contribution in [-0.4, -0.2) is 30.3 Å². The van der Waals surface area contributed by atoms with Gasteiger partial charge in [-0.05, 0) is 61.6 Å². The molecule has 0 heterocycles. The molecular formula is C23H24N4O3. The lowest BCUT2D eigenvalue weighted by atomic mass is 9.92. The fourth-order valence-electron chi connectivity index (χ4n) is 3.60. The van der Waals surface area contributed by atoms with E-state index in [-0.39, 0.29) is 24.6 Å². The first-order valence-electron chi connectivity index (χ1n) is 9.88. The first kappa shape index (κ1) is 21.2. The molecule has 2 aromatic carbocycles. The smallest absolute Gasteiger partial charge is 0.253 e. The van der Waals surface area contributed by atoms with Crippen molar-refractivity contribution in [2.24, 2.45) is 0 Å². The van der Waals surface area contributed by atoms with Crippen LogP contribution in [-0.2, 0) is 6.54 Å². The van der Waals surface area contributed by atoms with Gasteiger partial charge in [0.25, 0.3) is 5.91 Å². The summed E-state index contributed by atoms with van der Waals surface area (Å²) in [6.45, 7) is 0.239. The van der Waals surface area contributed by atoms with E-state index >= 15 is 0 Å². The Hall–Kier alpha value is -3.55. The van der Waals surface area contributed by atoms with Crippen LogP contribution in [0.15, 0.2) is 36.4 Å². The molecule has 0 spiro atoms. The fourth-order valence-corrected chi connectivity index (χ4v) is 3.60. The van der Waals surface area contributed by atoms with Crippen molar-refractivity contribution in [1.82, 2.24) is 5.32 Å². The van der Waals surface area contributed by atoms with E-state index in [0.29, 0.717) is 28.1 Å². The average molecular weight is 404 g/mol. The van der Waals surface area contributed by atoms with Crippen LogP contribution in [0.2, 0.25) is 0 Å². The molecule has 7 heteroatoms. The highest BCUT2D eigenvalue weighted by Gasteiger charge is 2.21. The number of ether oxygens (including phenoxy) is 1. The summed E-state index contributed by atoms with van der Waals surface area (Å²) in [5.74, 6) is 0.179. The van der Waals surface area contributed by atoms with Gasteiger partial charge in [-0.15, -0.1) is 0 Å². The van der Waals surface area contributed by atoms with E-state index in [0.717, 1.165) is 31.2 Å². The molecular weight excluding hydrogens is 380 g/mol. The Morgan fingerprint density at radius 2 is 1.90 bits per heavy atom. The van der Waals surface area contributed by atoms with Gasteiger partial charge in [-0.3, -0.25) is 4.79 Å². The number of amides is 1. The lowest BCUT2D eigenvalue weighted by Crippen LogP contribution is -2.30. The van der Waals surface area contributed by atoms with E-state index in [1.807, 2.05) is 0 Å². The van der Waals surface area contributed by atoms with Crippen molar-refractivity contribution in [1.29, 1.82) is 10.5 Å². The van der Waals surface area contributed by atoms with Gasteiger partial charge < -0.3 is 20.5 Å². The van der Waals surface area contributed by atoms with Gasteiger partial charge in [-0.25, -0.2) is 0 Å². The van der Waals surface area contributed by atoms with Crippen LogP contribution < -0.4 is 15.4 Å². The number of hydrogen-bond acceptors (Lipinski definition) is 6. The highest BCUT2D eigenvalue weighted by molar-refractivity contribution is 6.00. The Morgan fingerprint density at radius 3 is 2.57 bits per heavy atom. The molecule has 0 unspecified atom stereocenters. The molecule has 1 fully saturated rings. The number of carbonyl (C=O) groups excluding carboxylic acids is 1. The van der Waals surface area contributed by atoms with Crippen LogP contribution in [0.1, 0.15) is 52.7 Å². The Balaban J connectivity index is 1.74. The van der Waals surface area contributed by atoms with Crippen molar-refractivity contribution in [3.8, 4) is 17.9 Å². The van der Waals surface area contributed by atoms with E-state index in [2.05, 4.69) is 22.8 Å². The molecule has 3 N–H and O–H groups in total. The number of nitrogens with one attached hydrogen (secondary N) is 2. The first-order chi connectivity index (χ1) is 14.5. The van der Waals surface area contributed by atoms with Crippen molar-refractivity contribution in [3.63, 3.8) is 0 Å². The molecule has 30 heavy (non-hydrogen) atoms. The Labute approximate surface area is 175 Å². The number of aliphatic hydroxyl groups is 1. The summed E-state index contributed by atoms with van der Waals surface area (Å²) < 4.78 is 5.14. The largest absolute Gasteiger partial charge is 0.495 e. The van der Waals surface area contributed by atoms with Gasteiger partial charge in [0, 0.05) is 18.3 Å². The summed E-state index contributed by atoms with van der Waals surface area (Å²) >= 11 is 0. The SMILES string of the molecule is COc1ccc(CNC(=O)c2cc(C#N)ccc2NC2CCC(O)CC2)cc1C#N. The monoisotopic (exact) mass is 404 g/mol. The van der Waals surface area contributed by atoms with Crippen LogP contribution >= 0.6 is 0 Å². The quantitative estimate of drug-likeness (QED) is 0.681. The van der Waals surface area contributed by atoms with Gasteiger partial charge in [0.15, 0.2) is 0 Å². The third-order valence-corrected chi connectivity index (χ3v) is 5.29. The van der Waals surface area contributed by atoms with Crippen LogP contribution in [0.3, 0.4) is 0 Å². The maximum atomic E-state index is 12.9. The molecule has 0 bridgehead atoms. The lowest BCUT2D eigenvalue weighted by molar-refractivity contribution is 0.0951. The molecule has 1 aliphatic rings. The predicted molar refractivity (Wildman–Crippen MR) is 112 cm³/mol. The molecule has 154 valence electrons. The molecule has 1 saturated carbocycles. The Kier molecular flexibility index (Phi) is 6.90. The number of benzene rings is 2. The highest BCUT2D eigenvalue weighted by atomic mass is 16.5. The van der Waals surface area contributed by atoms with Crippen molar-refractivity contribution < 1.29 is 14.6 Å². The van der Waals surface area contributed by atoms with Gasteiger partial charge in [-0.2, -0.15) is 10.5 Å². The van der Waals surface area contributed by atoms with Gasteiger partial charge in [-0.1, -0.05) is 6.07 Å². The number of nitriles is 2. The van der Waals surface area contributed by atoms with Gasteiger partial charge in [0.2, 0.25) is 0 Å². The predicted octanol–water partition coefficient (Wildman–Crippen LogP) is 3.08. The molecule has 1 amide bonds. The second-order valence-corrected chi connectivity index (χ2v) is 7.35. The van der Waals surface area contributed by atoms with E-state index in [9.17, 15) is 20.4 Å². The molecule has 0 radical (unpaired) electrons. The maximum absolute atomic E-state index is 12.9. The Morgan fingerprint density at radius 1 is 1.13 bits per heavy atom. The summed E-state index contributed by atoms with van der Waals surface area (Å²) in [5.41, 5.74) is 2.64. The van der Waals surface area contributed by atoms with E-state index < -0.39 is 0 Å². The minimum atomic E-state index is -0.306. The van der Waals surface area contributed by atoms with Gasteiger partial charge >= 0.3 is 0 Å². The van der Waals surface area contributed by atoms with Crippen LogP contribution in [0.25, 0.3) is 0 Å². The second kappa shape index (κ2) is 9.78. The van der Waals surface area contributed by atoms with Crippen LogP contribution in [0.5, 0.6) is 5.75 Å². The molecule has 0 saturated heterocycles. The summed E-state index contributed by atoms with van der Waals surface area (Å²) in [4.78, 5) is 12.9. The number of carbonyl (C=O) groups is 1. The number of anilines is 1. The lowest BCUT2D eigenvalue weighted by Gasteiger charge is -2.27. The zero-order chi connectivity index (χ0) is 21.5. The molecule has 0 aliphatic heterocycles. The fraction of sp³-hybridized carbons (Fsp3) is 0.348. The van der Waals surface area contributed by atoms with Crippen molar-refractivity contribution in [3.05, 3.63) is 58.7 Å². The molecule has 7 nitrogen and oxygen atoms in total. The minimum absolute atomic E-state index is 0.174. The van der Waals surface area contributed by atoms with Gasteiger partial charge in [0.05, 0.1) is 36.0 Å². The average Bonchev–Trinajstić information content (AvgIpc) is 2.78. The van der Waals surface area contributed by atoms with Crippen LogP contribution in [0.4, 0.5) is 5.69 Å². The van der Waals surface area contributed by atoms with E-state index in [1.165, 1.54) is 7.11 Å². The summed E-state index contributed by atoms with van der Waals surface area (Å²) in [6, 6.07) is 14.5. The number of nitrogens with zero attached hydrogens (tertiary/aromatic N) is 2. The van der Waals surface area contributed by atoms with Crippen molar-refractivity contribution >= 4 is 11.6 Å². The van der Waals surface area contributed by atoms with Crippen LogP contribution in [0, 0.1) is 22.7 Å². The van der Waals surface area contributed by atoms with E-state index in [4.69, 9.17) is 4.74 Å². The standard InChI is InChI=1S/C23H24N4O3/c1-30-22-9-3-16(10-17(22)13-25)14-26-23(29)20-11-15(12-24)2-8-21(20)27-18-4-6-19(28)7-5-18/h2-3,8-11,18-19,27-28H,4-7,14H2,1H3,(H,26,29). The normalized spacial score (nSPS) is 18.0. The number of methoxy groups -OCH3 is 1. The minimum Gasteiger partial charge on any atom is -0.495 e. The number of aliphatic hydroxyl groups excluding tert-OH is 1. The summed E-state index contributed by atoms with van der Waals surface area (Å²) in [5, 5.41) is 34.4. The van der Waals surface area contributed by atoms with Gasteiger partial charge in [0.1, 0.15) is 11.8 Å². The summed E-state index contributed by atoms with van der Waals surface area (Å²) in [7, 11) is 1.50. The third kappa shape index (κ3) is 5.08. The van der Waals surface area contributed by atoms with Crippen molar-refractivity contribution in [2.75, 3.05) is 12.4 Å². The highest BCUT2D eigenvalue weighted by Crippen LogP contribution is 2.25. The molecule has 2 aromatic rings. The Bertz CT molecular complexity index is 998. The third-order valence-electron chi connectivity index (χ3n) is 5.29. The second-order valence-electron chi connectivity index (χ2n) is 7.35. The van der Waals surface area contributed by atoms with Crippen molar-refractivity contribution in [2.45, 2.75) is 44.4 Å². The molecule has 0 atom stereocenters. The maximum Gasteiger partial charge on any atom is 0.253 e. The molecule has 1 aliphatic carbocycles. The number of rotatable bonds is 6. The topological polar surface area (TPSA) is 118 Å². The molecule has 3 rings (SSSR count). The zero-order valence-electron chi connectivity index (χ0n) is 16.8. The van der Waals surface area contributed by atoms with E-state index in [1.54, 1.807) is 36.4 Å².